The predicted molar refractivity (Wildman–Crippen MR) is 70.1 cm³/mol. The highest BCUT2D eigenvalue weighted by Gasteiger charge is 2.16. The van der Waals surface area contributed by atoms with Gasteiger partial charge in [-0.15, -0.1) is 0 Å². The third-order valence-electron chi connectivity index (χ3n) is 2.05. The molecule has 19 heavy (non-hydrogen) atoms. The number of aromatic amines is 1. The van der Waals surface area contributed by atoms with Crippen molar-refractivity contribution in [3.8, 4) is 0 Å². The summed E-state index contributed by atoms with van der Waals surface area (Å²) < 4.78 is 0. The summed E-state index contributed by atoms with van der Waals surface area (Å²) in [6, 6.07) is 4.68. The molecule has 0 fully saturated rings. The van der Waals surface area contributed by atoms with Crippen molar-refractivity contribution in [2.75, 3.05) is 10.6 Å². The van der Waals surface area contributed by atoms with E-state index >= 15 is 0 Å². The van der Waals surface area contributed by atoms with E-state index in [0.717, 1.165) is 0 Å². The van der Waals surface area contributed by atoms with Crippen molar-refractivity contribution in [2.45, 2.75) is 0 Å². The Kier molecular flexibility index (Phi) is 3.98. The number of carbonyl (C=O) groups excluding carboxylic acids is 2. The van der Waals surface area contributed by atoms with Gasteiger partial charge in [0, 0.05) is 0 Å². The normalized spacial score (nSPS) is 10.0. The van der Waals surface area contributed by atoms with Crippen LogP contribution in [0.2, 0.25) is 10.0 Å². The van der Waals surface area contributed by atoms with Crippen molar-refractivity contribution in [3.63, 3.8) is 0 Å². The van der Waals surface area contributed by atoms with Crippen molar-refractivity contribution in [3.05, 3.63) is 34.6 Å². The highest BCUT2D eigenvalue weighted by atomic mass is 35.5. The minimum Gasteiger partial charge on any atom is -0.316 e. The number of carbonyl (C=O) groups is 2. The minimum absolute atomic E-state index is 0.0670. The van der Waals surface area contributed by atoms with E-state index in [1.807, 2.05) is 0 Å². The fourth-order valence-corrected chi connectivity index (χ4v) is 1.56. The quantitative estimate of drug-likeness (QED) is 0.735. The van der Waals surface area contributed by atoms with Crippen molar-refractivity contribution < 1.29 is 9.59 Å². The maximum absolute atomic E-state index is 11.6. The Morgan fingerprint density at radius 1 is 1.16 bits per heavy atom. The number of nitrogens with zero attached hydrogens (tertiary/aromatic N) is 2. The summed E-state index contributed by atoms with van der Waals surface area (Å²) in [6.07, 6.45) is 1.20. The summed E-state index contributed by atoms with van der Waals surface area (Å²) in [5.41, 5.74) is 0.242. The first-order valence-electron chi connectivity index (χ1n) is 4.99. The number of H-pyrrole nitrogens is 1. The third-order valence-corrected chi connectivity index (χ3v) is 2.87. The summed E-state index contributed by atoms with van der Waals surface area (Å²) in [4.78, 5) is 26.8. The Bertz CT molecular complexity index is 614. The topological polar surface area (TPSA) is 99.8 Å². The lowest BCUT2D eigenvalue weighted by Gasteiger charge is -2.07. The molecule has 7 nitrogen and oxygen atoms in total. The van der Waals surface area contributed by atoms with Crippen molar-refractivity contribution in [2.24, 2.45) is 0 Å². The molecular weight excluding hydrogens is 293 g/mol. The molecule has 0 saturated heterocycles. The Labute approximate surface area is 117 Å². The van der Waals surface area contributed by atoms with Gasteiger partial charge in [-0.2, -0.15) is 10.1 Å². The molecule has 0 saturated carbocycles. The molecule has 1 heterocycles. The predicted octanol–water partition coefficient (Wildman–Crippen LogP) is 1.69. The van der Waals surface area contributed by atoms with Crippen molar-refractivity contribution in [1.82, 2.24) is 15.2 Å². The van der Waals surface area contributed by atoms with Crippen molar-refractivity contribution in [1.29, 1.82) is 0 Å². The fourth-order valence-electron chi connectivity index (χ4n) is 1.21. The van der Waals surface area contributed by atoms with Crippen LogP contribution in [0, 0.1) is 0 Å². The van der Waals surface area contributed by atoms with Gasteiger partial charge < -0.3 is 5.32 Å². The molecule has 1 aromatic carbocycles. The molecule has 1 aromatic heterocycles. The summed E-state index contributed by atoms with van der Waals surface area (Å²) >= 11 is 11.7. The number of anilines is 2. The second kappa shape index (κ2) is 5.68. The van der Waals surface area contributed by atoms with E-state index < -0.39 is 11.8 Å². The SMILES string of the molecule is O=C(Nc1ncn[nH]1)C(=O)Nc1cccc(Cl)c1Cl. The first-order valence-corrected chi connectivity index (χ1v) is 5.75. The zero-order valence-corrected chi connectivity index (χ0v) is 10.8. The minimum atomic E-state index is -0.909. The molecule has 0 aliphatic rings. The van der Waals surface area contributed by atoms with E-state index in [2.05, 4.69) is 25.8 Å². The number of rotatable bonds is 2. The number of amides is 2. The molecule has 2 rings (SSSR count). The van der Waals surface area contributed by atoms with Crippen LogP contribution in [0.4, 0.5) is 11.6 Å². The monoisotopic (exact) mass is 299 g/mol. The fraction of sp³-hybridized carbons (Fsp3) is 0. The lowest BCUT2D eigenvalue weighted by Crippen LogP contribution is -2.29. The largest absolute Gasteiger partial charge is 0.316 e. The van der Waals surface area contributed by atoms with E-state index in [9.17, 15) is 9.59 Å². The molecule has 0 aliphatic carbocycles. The van der Waals surface area contributed by atoms with Gasteiger partial charge >= 0.3 is 11.8 Å². The standard InChI is InChI=1S/C10H7Cl2N5O2/c11-5-2-1-3-6(7(5)12)15-8(18)9(19)16-10-13-4-14-17-10/h1-4H,(H,15,18)(H2,13,14,16,17,19). The van der Waals surface area contributed by atoms with E-state index in [0.29, 0.717) is 0 Å². The first kappa shape index (κ1) is 13.3. The maximum Gasteiger partial charge on any atom is 0.316 e. The van der Waals surface area contributed by atoms with E-state index in [1.54, 1.807) is 12.1 Å². The molecule has 0 bridgehead atoms. The number of benzene rings is 1. The highest BCUT2D eigenvalue weighted by Crippen LogP contribution is 2.29. The van der Waals surface area contributed by atoms with Crippen LogP contribution >= 0.6 is 23.2 Å². The van der Waals surface area contributed by atoms with Crippen LogP contribution in [-0.2, 0) is 9.59 Å². The van der Waals surface area contributed by atoms with E-state index in [4.69, 9.17) is 23.2 Å². The van der Waals surface area contributed by atoms with Gasteiger partial charge in [0.25, 0.3) is 0 Å². The smallest absolute Gasteiger partial charge is 0.316 e. The van der Waals surface area contributed by atoms with Gasteiger partial charge in [0.2, 0.25) is 5.95 Å². The number of aromatic nitrogens is 3. The lowest BCUT2D eigenvalue weighted by molar-refractivity contribution is -0.133. The molecule has 9 heteroatoms. The summed E-state index contributed by atoms with van der Waals surface area (Å²) in [6.45, 7) is 0. The number of hydrogen-bond donors (Lipinski definition) is 3. The lowest BCUT2D eigenvalue weighted by atomic mass is 10.3. The summed E-state index contributed by atoms with van der Waals surface area (Å²) in [5.74, 6) is -1.74. The third kappa shape index (κ3) is 3.21. The second-order valence-electron chi connectivity index (χ2n) is 3.34. The first-order chi connectivity index (χ1) is 9.08. The molecule has 0 radical (unpaired) electrons. The Morgan fingerprint density at radius 3 is 2.58 bits per heavy atom. The molecule has 0 atom stereocenters. The van der Waals surface area contributed by atoms with Crippen LogP contribution in [0.15, 0.2) is 24.5 Å². The molecule has 98 valence electrons. The van der Waals surface area contributed by atoms with Crippen LogP contribution in [-0.4, -0.2) is 27.0 Å². The van der Waals surface area contributed by atoms with Gasteiger partial charge in [-0.1, -0.05) is 29.3 Å². The molecular formula is C10H7Cl2N5O2. The van der Waals surface area contributed by atoms with Gasteiger partial charge in [-0.05, 0) is 12.1 Å². The number of nitrogens with one attached hydrogen (secondary N) is 3. The molecule has 0 spiro atoms. The molecule has 2 aromatic rings. The Balaban J connectivity index is 2.04. The van der Waals surface area contributed by atoms with Crippen LogP contribution in [0.3, 0.4) is 0 Å². The molecule has 0 aliphatic heterocycles. The molecule has 3 N–H and O–H groups in total. The molecule has 2 amide bonds. The summed E-state index contributed by atoms with van der Waals surface area (Å²) in [7, 11) is 0. The Morgan fingerprint density at radius 2 is 1.89 bits per heavy atom. The van der Waals surface area contributed by atoms with Gasteiger partial charge in [0.05, 0.1) is 15.7 Å². The second-order valence-corrected chi connectivity index (χ2v) is 4.13. The number of hydrogen-bond acceptors (Lipinski definition) is 4. The van der Waals surface area contributed by atoms with Crippen LogP contribution in [0.5, 0.6) is 0 Å². The van der Waals surface area contributed by atoms with Crippen LogP contribution in [0.25, 0.3) is 0 Å². The van der Waals surface area contributed by atoms with E-state index in [-0.39, 0.29) is 21.7 Å². The average Bonchev–Trinajstić information content (AvgIpc) is 2.87. The molecule has 0 unspecified atom stereocenters. The summed E-state index contributed by atoms with van der Waals surface area (Å²) in [5, 5.41) is 10.9. The van der Waals surface area contributed by atoms with Crippen molar-refractivity contribution >= 4 is 46.7 Å². The Hall–Kier alpha value is -2.12. The number of halogens is 2. The van der Waals surface area contributed by atoms with E-state index in [1.165, 1.54) is 12.4 Å². The van der Waals surface area contributed by atoms with Gasteiger partial charge in [0.1, 0.15) is 6.33 Å². The van der Waals surface area contributed by atoms with Crippen LogP contribution < -0.4 is 10.6 Å². The zero-order valence-electron chi connectivity index (χ0n) is 9.28. The zero-order chi connectivity index (χ0) is 13.8. The van der Waals surface area contributed by atoms with Gasteiger partial charge in [-0.3, -0.25) is 14.9 Å². The van der Waals surface area contributed by atoms with Gasteiger partial charge in [-0.25, -0.2) is 5.10 Å². The highest BCUT2D eigenvalue weighted by molar-refractivity contribution is 6.47. The van der Waals surface area contributed by atoms with Crippen LogP contribution in [0.1, 0.15) is 0 Å². The maximum atomic E-state index is 11.6. The average molecular weight is 300 g/mol. The van der Waals surface area contributed by atoms with Gasteiger partial charge in [0.15, 0.2) is 0 Å².